The number of nitrogens with zero attached hydrogens (tertiary/aromatic N) is 1. The fourth-order valence-electron chi connectivity index (χ4n) is 1.36. The number of nitro groups is 1. The number of carbonyl (C=O) groups is 1. The quantitative estimate of drug-likeness (QED) is 0.318. The van der Waals surface area contributed by atoms with Crippen molar-refractivity contribution in [1.29, 1.82) is 0 Å². The number of carbonyl (C=O) groups excluding carboxylic acids is 1. The maximum atomic E-state index is 10.8. The minimum atomic E-state index is -0.465. The molecule has 0 saturated carbocycles. The number of esters is 1. The van der Waals surface area contributed by atoms with Crippen LogP contribution in [-0.4, -0.2) is 17.0 Å². The molecule has 2 atom stereocenters. The molecule has 2 rings (SSSR count). The van der Waals surface area contributed by atoms with Crippen LogP contribution in [-0.2, 0) is 9.53 Å². The van der Waals surface area contributed by atoms with Crippen LogP contribution in [0.2, 0.25) is 0 Å². The topological polar surface area (TPSA) is 69.4 Å². The summed E-state index contributed by atoms with van der Waals surface area (Å²) in [5, 5.41) is 10.4. The number of benzene rings is 1. The minimum absolute atomic E-state index is 0.0268. The van der Waals surface area contributed by atoms with Crippen LogP contribution in [0.25, 0.3) is 0 Å². The van der Waals surface area contributed by atoms with Crippen LogP contribution in [0.4, 0.5) is 5.69 Å². The number of hydrogen-bond acceptors (Lipinski definition) is 4. The third kappa shape index (κ3) is 2.26. The number of cyclic esters (lactones) is 1. The van der Waals surface area contributed by atoms with Gasteiger partial charge in [-0.2, -0.15) is 0 Å². The van der Waals surface area contributed by atoms with Gasteiger partial charge < -0.3 is 4.74 Å². The van der Waals surface area contributed by atoms with Crippen LogP contribution in [0.3, 0.4) is 0 Å². The second-order valence-corrected chi connectivity index (χ2v) is 3.72. The number of nitro benzene ring substituents is 1. The summed E-state index contributed by atoms with van der Waals surface area (Å²) in [6.45, 7) is 1.75. The zero-order chi connectivity index (χ0) is 12.4. The molecule has 1 aromatic rings. The maximum Gasteiger partial charge on any atom is 0.314 e. The largest absolute Gasteiger partial charge is 0.448 e. The molecule has 0 radical (unpaired) electrons. The highest BCUT2D eigenvalue weighted by atomic mass is 16.6. The van der Waals surface area contributed by atoms with Crippen LogP contribution in [0.1, 0.15) is 12.5 Å². The van der Waals surface area contributed by atoms with Crippen molar-refractivity contribution in [3.63, 3.8) is 0 Å². The van der Waals surface area contributed by atoms with Crippen LogP contribution in [0, 0.1) is 27.9 Å². The molecule has 1 aromatic carbocycles. The van der Waals surface area contributed by atoms with Gasteiger partial charge in [-0.15, -0.1) is 0 Å². The first-order valence-electron chi connectivity index (χ1n) is 5.04. The summed E-state index contributed by atoms with van der Waals surface area (Å²) in [5.41, 5.74) is 0.685. The van der Waals surface area contributed by atoms with E-state index in [1.54, 1.807) is 19.1 Å². The molecule has 0 amide bonds. The van der Waals surface area contributed by atoms with E-state index in [9.17, 15) is 14.9 Å². The average Bonchev–Trinajstić information content (AvgIpc) is 2.34. The second-order valence-electron chi connectivity index (χ2n) is 3.72. The van der Waals surface area contributed by atoms with Gasteiger partial charge in [0.1, 0.15) is 5.92 Å². The number of non-ortho nitro benzene ring substituents is 1. The fraction of sp³-hybridized carbons (Fsp3) is 0.250. The predicted octanol–water partition coefficient (Wildman–Crippen LogP) is 1.51. The highest BCUT2D eigenvalue weighted by molar-refractivity contribution is 5.79. The van der Waals surface area contributed by atoms with E-state index in [4.69, 9.17) is 4.74 Å². The molecule has 17 heavy (non-hydrogen) atoms. The van der Waals surface area contributed by atoms with Crippen LogP contribution < -0.4 is 0 Å². The zero-order valence-electron chi connectivity index (χ0n) is 9.04. The SMILES string of the molecule is C[C@H]1C(=O)O[C@@H]1C#Cc1ccc([N+](=O)[O-])cc1. The summed E-state index contributed by atoms with van der Waals surface area (Å²) in [7, 11) is 0. The Morgan fingerprint density at radius 2 is 2.00 bits per heavy atom. The molecule has 1 saturated heterocycles. The highest BCUT2D eigenvalue weighted by Crippen LogP contribution is 2.20. The first-order chi connectivity index (χ1) is 8.08. The van der Waals surface area contributed by atoms with E-state index >= 15 is 0 Å². The fourth-order valence-corrected chi connectivity index (χ4v) is 1.36. The van der Waals surface area contributed by atoms with E-state index in [2.05, 4.69) is 11.8 Å². The van der Waals surface area contributed by atoms with Crippen LogP contribution >= 0.6 is 0 Å². The Labute approximate surface area is 97.5 Å². The monoisotopic (exact) mass is 231 g/mol. The van der Waals surface area contributed by atoms with E-state index in [-0.39, 0.29) is 23.7 Å². The summed E-state index contributed by atoms with van der Waals surface area (Å²) in [6, 6.07) is 5.91. The molecule has 1 aliphatic heterocycles. The first kappa shape index (κ1) is 11.1. The van der Waals surface area contributed by atoms with Gasteiger partial charge in [0.15, 0.2) is 6.10 Å². The van der Waals surface area contributed by atoms with E-state index in [0.717, 1.165) is 0 Å². The lowest BCUT2D eigenvalue weighted by Crippen LogP contribution is -2.42. The van der Waals surface area contributed by atoms with Gasteiger partial charge in [0.25, 0.3) is 5.69 Å². The van der Waals surface area contributed by atoms with Crippen molar-refractivity contribution in [1.82, 2.24) is 0 Å². The van der Waals surface area contributed by atoms with Crippen molar-refractivity contribution in [3.05, 3.63) is 39.9 Å². The van der Waals surface area contributed by atoms with Gasteiger partial charge in [0.05, 0.1) is 4.92 Å². The summed E-state index contributed by atoms with van der Waals surface area (Å²) in [5.74, 6) is 5.18. The van der Waals surface area contributed by atoms with Gasteiger partial charge >= 0.3 is 5.97 Å². The molecule has 86 valence electrons. The Morgan fingerprint density at radius 3 is 2.47 bits per heavy atom. The molecule has 1 fully saturated rings. The van der Waals surface area contributed by atoms with Crippen molar-refractivity contribution < 1.29 is 14.5 Å². The van der Waals surface area contributed by atoms with E-state index < -0.39 is 4.92 Å². The first-order valence-corrected chi connectivity index (χ1v) is 5.04. The van der Waals surface area contributed by atoms with Crippen molar-refractivity contribution >= 4 is 11.7 Å². The Hall–Kier alpha value is -2.35. The lowest BCUT2D eigenvalue weighted by molar-refractivity contribution is -0.384. The van der Waals surface area contributed by atoms with Gasteiger partial charge in [-0.05, 0) is 19.1 Å². The molecule has 0 unspecified atom stereocenters. The minimum Gasteiger partial charge on any atom is -0.448 e. The molecular formula is C12H9NO4. The Bertz CT molecular complexity index is 524. The molecule has 0 aliphatic carbocycles. The second kappa shape index (κ2) is 4.26. The molecule has 0 N–H and O–H groups in total. The lowest BCUT2D eigenvalue weighted by atomic mass is 10.00. The van der Waals surface area contributed by atoms with Crippen LogP contribution in [0.5, 0.6) is 0 Å². The number of hydrogen-bond donors (Lipinski definition) is 0. The van der Waals surface area contributed by atoms with Gasteiger partial charge in [-0.1, -0.05) is 11.8 Å². The van der Waals surface area contributed by atoms with E-state index in [1.165, 1.54) is 12.1 Å². The maximum absolute atomic E-state index is 10.8. The average molecular weight is 231 g/mol. The molecule has 0 aromatic heterocycles. The van der Waals surface area contributed by atoms with Gasteiger partial charge in [0.2, 0.25) is 0 Å². The summed E-state index contributed by atoms with van der Waals surface area (Å²) in [4.78, 5) is 20.8. The predicted molar refractivity (Wildman–Crippen MR) is 59.0 cm³/mol. The van der Waals surface area contributed by atoms with Gasteiger partial charge in [0, 0.05) is 17.7 Å². The third-order valence-electron chi connectivity index (χ3n) is 2.51. The Balaban J connectivity index is 2.07. The summed E-state index contributed by atoms with van der Waals surface area (Å²) in [6.07, 6.45) is -0.363. The number of ether oxygens (including phenoxy) is 1. The molecule has 1 heterocycles. The Morgan fingerprint density at radius 1 is 1.35 bits per heavy atom. The third-order valence-corrected chi connectivity index (χ3v) is 2.51. The summed E-state index contributed by atoms with van der Waals surface area (Å²) < 4.78 is 4.81. The molecule has 5 nitrogen and oxygen atoms in total. The van der Waals surface area contributed by atoms with Gasteiger partial charge in [-0.3, -0.25) is 14.9 Å². The van der Waals surface area contributed by atoms with E-state index in [0.29, 0.717) is 5.56 Å². The summed E-state index contributed by atoms with van der Waals surface area (Å²) >= 11 is 0. The standard InChI is InChI=1S/C12H9NO4/c1-8-11(17-12(8)14)7-4-9-2-5-10(6-3-9)13(15)16/h2-3,5-6,8,11H,1H3/t8-,11-/m1/s1. The van der Waals surface area contributed by atoms with Crippen molar-refractivity contribution in [2.45, 2.75) is 13.0 Å². The van der Waals surface area contributed by atoms with Gasteiger partial charge in [-0.25, -0.2) is 0 Å². The van der Waals surface area contributed by atoms with Crippen molar-refractivity contribution in [2.75, 3.05) is 0 Å². The molecular weight excluding hydrogens is 222 g/mol. The van der Waals surface area contributed by atoms with Crippen LogP contribution in [0.15, 0.2) is 24.3 Å². The van der Waals surface area contributed by atoms with E-state index in [1.807, 2.05) is 0 Å². The lowest BCUT2D eigenvalue weighted by Gasteiger charge is -2.27. The normalized spacial score (nSPS) is 21.8. The van der Waals surface area contributed by atoms with Crippen molar-refractivity contribution in [3.8, 4) is 11.8 Å². The molecule has 5 heteroatoms. The molecule has 0 spiro atoms. The number of rotatable bonds is 1. The Kier molecular flexibility index (Phi) is 2.79. The van der Waals surface area contributed by atoms with Crippen molar-refractivity contribution in [2.24, 2.45) is 5.92 Å². The highest BCUT2D eigenvalue weighted by Gasteiger charge is 2.37. The molecule has 0 bridgehead atoms. The molecule has 1 aliphatic rings. The zero-order valence-corrected chi connectivity index (χ0v) is 9.04. The smallest absolute Gasteiger partial charge is 0.314 e.